The minimum absolute atomic E-state index is 0.00406. The Labute approximate surface area is 149 Å². The smallest absolute Gasteiger partial charge is 0.319 e. The molecule has 1 atom stereocenters. The average molecular weight is 359 g/mol. The van der Waals surface area contributed by atoms with Gasteiger partial charge in [-0.3, -0.25) is 9.00 Å². The zero-order valence-electron chi connectivity index (χ0n) is 14.3. The number of carbonyl (C=O) groups is 2. The van der Waals surface area contributed by atoms with E-state index in [0.717, 1.165) is 0 Å². The molecule has 132 valence electrons. The van der Waals surface area contributed by atoms with Crippen LogP contribution >= 0.6 is 0 Å². The van der Waals surface area contributed by atoms with E-state index in [4.69, 9.17) is 0 Å². The second kappa shape index (κ2) is 8.43. The van der Waals surface area contributed by atoms with Crippen LogP contribution in [-0.2, 0) is 10.8 Å². The number of rotatable bonds is 5. The van der Waals surface area contributed by atoms with E-state index >= 15 is 0 Å². The van der Waals surface area contributed by atoms with Gasteiger partial charge in [-0.25, -0.2) is 4.79 Å². The van der Waals surface area contributed by atoms with Crippen LogP contribution in [-0.4, -0.2) is 28.4 Å². The van der Waals surface area contributed by atoms with Crippen LogP contribution in [0.3, 0.4) is 0 Å². The number of urea groups is 1. The van der Waals surface area contributed by atoms with E-state index in [1.807, 2.05) is 13.8 Å². The van der Waals surface area contributed by atoms with Crippen molar-refractivity contribution in [3.63, 3.8) is 0 Å². The molecule has 3 amide bonds. The van der Waals surface area contributed by atoms with Crippen LogP contribution in [0.5, 0.6) is 0 Å². The topological polar surface area (TPSA) is 87.3 Å². The molecule has 2 rings (SSSR count). The summed E-state index contributed by atoms with van der Waals surface area (Å²) < 4.78 is 11.4. The molecule has 3 N–H and O–H groups in total. The fourth-order valence-electron chi connectivity index (χ4n) is 2.11. The number of anilines is 2. The molecule has 0 aromatic heterocycles. The van der Waals surface area contributed by atoms with Gasteiger partial charge in [0, 0.05) is 33.6 Å². The van der Waals surface area contributed by atoms with E-state index in [1.165, 1.54) is 0 Å². The van der Waals surface area contributed by atoms with Gasteiger partial charge in [-0.1, -0.05) is 12.1 Å². The minimum Gasteiger partial charge on any atom is -0.336 e. The second-order valence-corrected chi connectivity index (χ2v) is 7.11. The normalized spacial score (nSPS) is 11.7. The molecule has 0 saturated carbocycles. The Morgan fingerprint density at radius 2 is 1.48 bits per heavy atom. The lowest BCUT2D eigenvalue weighted by Crippen LogP contribution is -2.34. The van der Waals surface area contributed by atoms with Crippen LogP contribution in [0.2, 0.25) is 0 Å². The molecule has 0 aliphatic carbocycles. The molecular formula is C18H21N3O3S. The van der Waals surface area contributed by atoms with Crippen LogP contribution in [0.15, 0.2) is 53.4 Å². The molecule has 2 aromatic rings. The molecule has 0 aliphatic heterocycles. The molecule has 0 fully saturated rings. The first kappa shape index (κ1) is 18.7. The van der Waals surface area contributed by atoms with Crippen molar-refractivity contribution in [2.24, 2.45) is 0 Å². The summed E-state index contributed by atoms with van der Waals surface area (Å²) in [6, 6.07) is 13.2. The first-order valence-electron chi connectivity index (χ1n) is 7.78. The Morgan fingerprint density at radius 1 is 0.920 bits per heavy atom. The Balaban J connectivity index is 2.12. The van der Waals surface area contributed by atoms with E-state index in [9.17, 15) is 13.8 Å². The molecule has 2 aromatic carbocycles. The molecule has 25 heavy (non-hydrogen) atoms. The monoisotopic (exact) mass is 359 g/mol. The summed E-state index contributed by atoms with van der Waals surface area (Å²) in [6.07, 6.45) is 1.58. The lowest BCUT2D eigenvalue weighted by atomic mass is 10.2. The molecule has 0 bridgehead atoms. The van der Waals surface area contributed by atoms with Crippen LogP contribution < -0.4 is 16.0 Å². The van der Waals surface area contributed by atoms with Crippen LogP contribution in [0.25, 0.3) is 0 Å². The van der Waals surface area contributed by atoms with E-state index in [-0.39, 0.29) is 18.0 Å². The SMILES string of the molecule is CC(C)NC(=O)Nc1ccccc1NC(=O)c1ccc([S@@](C)=O)cc1. The maximum absolute atomic E-state index is 12.4. The largest absolute Gasteiger partial charge is 0.336 e. The Hall–Kier alpha value is -2.67. The summed E-state index contributed by atoms with van der Waals surface area (Å²) in [7, 11) is -1.09. The number of hydrogen-bond acceptors (Lipinski definition) is 3. The van der Waals surface area contributed by atoms with Gasteiger partial charge < -0.3 is 16.0 Å². The highest BCUT2D eigenvalue weighted by Gasteiger charge is 2.11. The summed E-state index contributed by atoms with van der Waals surface area (Å²) in [4.78, 5) is 24.9. The van der Waals surface area contributed by atoms with Gasteiger partial charge in [0.15, 0.2) is 0 Å². The summed E-state index contributed by atoms with van der Waals surface area (Å²) >= 11 is 0. The van der Waals surface area contributed by atoms with Gasteiger partial charge in [0.05, 0.1) is 11.4 Å². The highest BCUT2D eigenvalue weighted by atomic mass is 32.2. The average Bonchev–Trinajstić information content (AvgIpc) is 2.56. The third-order valence-corrected chi connectivity index (χ3v) is 4.23. The van der Waals surface area contributed by atoms with Crippen molar-refractivity contribution in [2.45, 2.75) is 24.8 Å². The van der Waals surface area contributed by atoms with Gasteiger partial charge >= 0.3 is 6.03 Å². The number of para-hydroxylation sites is 2. The Bertz CT molecular complexity index is 788. The lowest BCUT2D eigenvalue weighted by molar-refractivity contribution is 0.102. The zero-order chi connectivity index (χ0) is 18.4. The first-order chi connectivity index (χ1) is 11.9. The van der Waals surface area contributed by atoms with Gasteiger partial charge in [0.2, 0.25) is 0 Å². The van der Waals surface area contributed by atoms with Crippen molar-refractivity contribution in [1.82, 2.24) is 5.32 Å². The molecule has 0 heterocycles. The summed E-state index contributed by atoms with van der Waals surface area (Å²) in [6.45, 7) is 3.72. The van der Waals surface area contributed by atoms with Gasteiger partial charge in [0.1, 0.15) is 0 Å². The minimum atomic E-state index is -1.09. The molecule has 0 unspecified atom stereocenters. The van der Waals surface area contributed by atoms with E-state index < -0.39 is 10.8 Å². The number of benzene rings is 2. The van der Waals surface area contributed by atoms with Crippen molar-refractivity contribution in [3.05, 3.63) is 54.1 Å². The van der Waals surface area contributed by atoms with Crippen LogP contribution in [0.1, 0.15) is 24.2 Å². The summed E-state index contributed by atoms with van der Waals surface area (Å²) in [5.41, 5.74) is 1.44. The fraction of sp³-hybridized carbons (Fsp3) is 0.222. The van der Waals surface area contributed by atoms with Gasteiger partial charge in [-0.05, 0) is 50.2 Å². The third kappa shape index (κ3) is 5.42. The van der Waals surface area contributed by atoms with Gasteiger partial charge in [0.25, 0.3) is 5.91 Å². The maximum Gasteiger partial charge on any atom is 0.319 e. The highest BCUT2D eigenvalue weighted by Crippen LogP contribution is 2.22. The summed E-state index contributed by atoms with van der Waals surface area (Å²) in [5.74, 6) is -0.313. The first-order valence-corrected chi connectivity index (χ1v) is 9.34. The molecule has 0 aliphatic rings. The number of hydrogen-bond donors (Lipinski definition) is 3. The quantitative estimate of drug-likeness (QED) is 0.766. The molecule has 0 radical (unpaired) electrons. The van der Waals surface area contributed by atoms with Crippen molar-refractivity contribution in [1.29, 1.82) is 0 Å². The lowest BCUT2D eigenvalue weighted by Gasteiger charge is -2.14. The standard InChI is InChI=1S/C18H21N3O3S/c1-12(2)19-18(23)21-16-7-5-4-6-15(16)20-17(22)13-8-10-14(11-9-13)25(3)24/h4-12H,1-3H3,(H,20,22)(H2,19,21,23)/t25-/m1/s1. The number of nitrogens with one attached hydrogen (secondary N) is 3. The second-order valence-electron chi connectivity index (χ2n) is 5.73. The van der Waals surface area contributed by atoms with Crippen LogP contribution in [0, 0.1) is 0 Å². The third-order valence-electron chi connectivity index (χ3n) is 3.29. The van der Waals surface area contributed by atoms with E-state index in [0.29, 0.717) is 21.8 Å². The van der Waals surface area contributed by atoms with Gasteiger partial charge in [-0.2, -0.15) is 0 Å². The van der Waals surface area contributed by atoms with E-state index in [1.54, 1.807) is 54.8 Å². The van der Waals surface area contributed by atoms with Crippen molar-refractivity contribution < 1.29 is 13.8 Å². The molecular weight excluding hydrogens is 338 g/mol. The maximum atomic E-state index is 12.4. The summed E-state index contributed by atoms with van der Waals surface area (Å²) in [5, 5.41) is 8.22. The fourth-order valence-corrected chi connectivity index (χ4v) is 2.63. The highest BCUT2D eigenvalue weighted by molar-refractivity contribution is 7.84. The molecule has 0 spiro atoms. The van der Waals surface area contributed by atoms with Crippen molar-refractivity contribution in [3.8, 4) is 0 Å². The van der Waals surface area contributed by atoms with Crippen molar-refractivity contribution >= 4 is 34.1 Å². The van der Waals surface area contributed by atoms with Gasteiger partial charge in [-0.15, -0.1) is 0 Å². The predicted molar refractivity (Wildman–Crippen MR) is 100 cm³/mol. The zero-order valence-corrected chi connectivity index (χ0v) is 15.1. The Morgan fingerprint density at radius 3 is 2.00 bits per heavy atom. The number of amides is 3. The molecule has 0 saturated heterocycles. The Kier molecular flexibility index (Phi) is 6.30. The number of carbonyl (C=O) groups excluding carboxylic acids is 2. The van der Waals surface area contributed by atoms with Crippen LogP contribution in [0.4, 0.5) is 16.2 Å². The van der Waals surface area contributed by atoms with Crippen molar-refractivity contribution in [2.75, 3.05) is 16.9 Å². The molecule has 6 nitrogen and oxygen atoms in total. The van der Waals surface area contributed by atoms with E-state index in [2.05, 4.69) is 16.0 Å². The molecule has 7 heteroatoms. The predicted octanol–water partition coefficient (Wildman–Crippen LogP) is 3.21.